The van der Waals surface area contributed by atoms with E-state index in [9.17, 15) is 14.4 Å². The Hall–Kier alpha value is -3.55. The number of hydrogen-bond donors (Lipinski definition) is 2. The fourth-order valence-corrected chi connectivity index (χ4v) is 2.50. The molecule has 2 aromatic carbocycles. The van der Waals surface area contributed by atoms with Gasteiger partial charge in [0.1, 0.15) is 0 Å². The Labute approximate surface area is 181 Å². The van der Waals surface area contributed by atoms with Gasteiger partial charge in [-0.15, -0.1) is 0 Å². The average Bonchev–Trinajstić information content (AvgIpc) is 2.77. The molecule has 0 saturated carbocycles. The van der Waals surface area contributed by atoms with Crippen molar-refractivity contribution in [2.75, 3.05) is 19.8 Å². The maximum absolute atomic E-state index is 12.3. The van der Waals surface area contributed by atoms with Gasteiger partial charge in [-0.1, -0.05) is 31.0 Å². The highest BCUT2D eigenvalue weighted by molar-refractivity contribution is 5.96. The Morgan fingerprint density at radius 3 is 2.26 bits per heavy atom. The standard InChI is InChI=1S/C23H28N2O6/c1-4-6-13-30-19-12-11-18(14-20(19)29-5-2)23(28)31-15-21(26)24-25-22(27)17-9-7-16(3)8-10-17/h7-12,14H,4-6,13,15H2,1-3H3,(H,24,26)(H,25,27). The van der Waals surface area contributed by atoms with Crippen LogP contribution in [0.3, 0.4) is 0 Å². The van der Waals surface area contributed by atoms with E-state index in [4.69, 9.17) is 14.2 Å². The Morgan fingerprint density at radius 1 is 0.871 bits per heavy atom. The highest BCUT2D eigenvalue weighted by Crippen LogP contribution is 2.29. The van der Waals surface area contributed by atoms with Crippen LogP contribution < -0.4 is 20.3 Å². The number of ether oxygens (including phenoxy) is 3. The molecule has 0 saturated heterocycles. The van der Waals surface area contributed by atoms with E-state index in [1.165, 1.54) is 6.07 Å². The number of hydrogen-bond acceptors (Lipinski definition) is 6. The molecule has 31 heavy (non-hydrogen) atoms. The van der Waals surface area contributed by atoms with Gasteiger partial charge in [0.25, 0.3) is 11.8 Å². The molecule has 0 unspecified atom stereocenters. The van der Waals surface area contributed by atoms with Gasteiger partial charge in [-0.2, -0.15) is 0 Å². The van der Waals surface area contributed by atoms with Gasteiger partial charge >= 0.3 is 5.97 Å². The zero-order valence-corrected chi connectivity index (χ0v) is 18.0. The normalized spacial score (nSPS) is 10.2. The van der Waals surface area contributed by atoms with Gasteiger partial charge in [0.05, 0.1) is 18.8 Å². The van der Waals surface area contributed by atoms with E-state index in [1.54, 1.807) is 36.4 Å². The third kappa shape index (κ3) is 7.65. The quantitative estimate of drug-likeness (QED) is 0.342. The van der Waals surface area contributed by atoms with Crippen molar-refractivity contribution in [3.63, 3.8) is 0 Å². The molecule has 8 nitrogen and oxygen atoms in total. The van der Waals surface area contributed by atoms with E-state index in [1.807, 2.05) is 13.8 Å². The smallest absolute Gasteiger partial charge is 0.338 e. The molecule has 0 spiro atoms. The third-order valence-electron chi connectivity index (χ3n) is 4.20. The maximum Gasteiger partial charge on any atom is 0.338 e. The summed E-state index contributed by atoms with van der Waals surface area (Å²) in [5.74, 6) is -0.856. The first kappa shape index (κ1) is 23.7. The minimum absolute atomic E-state index is 0.225. The summed E-state index contributed by atoms with van der Waals surface area (Å²) in [4.78, 5) is 36.2. The van der Waals surface area contributed by atoms with E-state index in [0.29, 0.717) is 30.3 Å². The lowest BCUT2D eigenvalue weighted by molar-refractivity contribution is -0.125. The molecule has 0 fully saturated rings. The number of carbonyl (C=O) groups excluding carboxylic acids is 3. The molecule has 8 heteroatoms. The summed E-state index contributed by atoms with van der Waals surface area (Å²) in [7, 11) is 0. The van der Waals surface area contributed by atoms with Crippen LogP contribution in [0.4, 0.5) is 0 Å². The van der Waals surface area contributed by atoms with Crippen LogP contribution in [0.15, 0.2) is 42.5 Å². The minimum atomic E-state index is -0.693. The summed E-state index contributed by atoms with van der Waals surface area (Å²) in [6.07, 6.45) is 1.91. The molecule has 0 atom stereocenters. The van der Waals surface area contributed by atoms with Gasteiger partial charge in [0.2, 0.25) is 0 Å². The largest absolute Gasteiger partial charge is 0.490 e. The third-order valence-corrected chi connectivity index (χ3v) is 4.20. The number of nitrogens with one attached hydrogen (secondary N) is 2. The van der Waals surface area contributed by atoms with E-state index >= 15 is 0 Å². The molecule has 2 aromatic rings. The molecule has 2 amide bonds. The van der Waals surface area contributed by atoms with E-state index in [2.05, 4.69) is 17.8 Å². The molecule has 0 bridgehead atoms. The summed E-state index contributed by atoms with van der Waals surface area (Å²) in [6.45, 7) is 6.21. The van der Waals surface area contributed by atoms with Crippen molar-refractivity contribution in [2.45, 2.75) is 33.6 Å². The van der Waals surface area contributed by atoms with Crippen LogP contribution in [0.25, 0.3) is 0 Å². The van der Waals surface area contributed by atoms with Gasteiger partial charge in [0, 0.05) is 5.56 Å². The summed E-state index contributed by atoms with van der Waals surface area (Å²) in [5, 5.41) is 0. The zero-order valence-electron chi connectivity index (χ0n) is 18.0. The van der Waals surface area contributed by atoms with Crippen LogP contribution in [0.5, 0.6) is 11.5 Å². The number of rotatable bonds is 10. The highest BCUT2D eigenvalue weighted by Gasteiger charge is 2.15. The second-order valence-electron chi connectivity index (χ2n) is 6.74. The molecule has 0 aliphatic rings. The zero-order chi connectivity index (χ0) is 22.6. The number of amides is 2. The van der Waals surface area contributed by atoms with Crippen molar-refractivity contribution in [3.8, 4) is 11.5 Å². The maximum atomic E-state index is 12.3. The molecule has 0 aliphatic carbocycles. The van der Waals surface area contributed by atoms with Crippen molar-refractivity contribution in [1.29, 1.82) is 0 Å². The van der Waals surface area contributed by atoms with Crippen molar-refractivity contribution in [2.24, 2.45) is 0 Å². The van der Waals surface area contributed by atoms with E-state index in [0.717, 1.165) is 18.4 Å². The summed E-state index contributed by atoms with van der Waals surface area (Å²) >= 11 is 0. The first-order chi connectivity index (χ1) is 14.9. The van der Waals surface area contributed by atoms with Gasteiger partial charge in [0.15, 0.2) is 18.1 Å². The number of carbonyl (C=O) groups is 3. The fraction of sp³-hybridized carbons (Fsp3) is 0.348. The number of benzene rings is 2. The number of esters is 1. The molecule has 0 heterocycles. The molecule has 2 N–H and O–H groups in total. The van der Waals surface area contributed by atoms with Crippen molar-refractivity contribution in [3.05, 3.63) is 59.2 Å². The second-order valence-corrected chi connectivity index (χ2v) is 6.74. The fourth-order valence-electron chi connectivity index (χ4n) is 2.50. The lowest BCUT2D eigenvalue weighted by Gasteiger charge is -2.13. The molecule has 166 valence electrons. The summed E-state index contributed by atoms with van der Waals surface area (Å²) in [6, 6.07) is 11.6. The first-order valence-electron chi connectivity index (χ1n) is 10.2. The van der Waals surface area contributed by atoms with E-state index < -0.39 is 24.4 Å². The van der Waals surface area contributed by atoms with Crippen molar-refractivity contribution in [1.82, 2.24) is 10.9 Å². The van der Waals surface area contributed by atoms with Crippen LogP contribution in [0, 0.1) is 6.92 Å². The molecule has 0 aromatic heterocycles. The highest BCUT2D eigenvalue weighted by atomic mass is 16.5. The summed E-state index contributed by atoms with van der Waals surface area (Å²) in [5.41, 5.74) is 6.12. The van der Waals surface area contributed by atoms with Gasteiger partial charge in [-0.25, -0.2) is 4.79 Å². The molecule has 2 rings (SSSR count). The van der Waals surface area contributed by atoms with Crippen molar-refractivity contribution >= 4 is 17.8 Å². The van der Waals surface area contributed by atoms with E-state index in [-0.39, 0.29) is 5.56 Å². The molecule has 0 radical (unpaired) electrons. The SMILES string of the molecule is CCCCOc1ccc(C(=O)OCC(=O)NNC(=O)c2ccc(C)cc2)cc1OCC. The predicted molar refractivity (Wildman–Crippen MR) is 115 cm³/mol. The summed E-state index contributed by atoms with van der Waals surface area (Å²) < 4.78 is 16.2. The Morgan fingerprint density at radius 2 is 1.58 bits per heavy atom. The monoisotopic (exact) mass is 428 g/mol. The Balaban J connectivity index is 1.86. The van der Waals surface area contributed by atoms with Gasteiger partial charge in [-0.05, 0) is 50.6 Å². The van der Waals surface area contributed by atoms with Crippen LogP contribution in [-0.2, 0) is 9.53 Å². The Bertz CT molecular complexity index is 895. The molecular weight excluding hydrogens is 400 g/mol. The molecule has 0 aliphatic heterocycles. The molecular formula is C23H28N2O6. The average molecular weight is 428 g/mol. The topological polar surface area (TPSA) is 103 Å². The number of unbranched alkanes of at least 4 members (excludes halogenated alkanes) is 1. The number of hydrazine groups is 1. The predicted octanol–water partition coefficient (Wildman–Crippen LogP) is 3.19. The second kappa shape index (κ2) is 12.2. The number of aryl methyl sites for hydroxylation is 1. The van der Waals surface area contributed by atoms with Crippen LogP contribution in [-0.4, -0.2) is 37.6 Å². The first-order valence-corrected chi connectivity index (χ1v) is 10.2. The minimum Gasteiger partial charge on any atom is -0.490 e. The van der Waals surface area contributed by atoms with Crippen molar-refractivity contribution < 1.29 is 28.6 Å². The van der Waals surface area contributed by atoms with Crippen LogP contribution >= 0.6 is 0 Å². The lowest BCUT2D eigenvalue weighted by atomic mass is 10.1. The van der Waals surface area contributed by atoms with Crippen LogP contribution in [0.1, 0.15) is 53.0 Å². The van der Waals surface area contributed by atoms with Gasteiger partial charge < -0.3 is 14.2 Å². The van der Waals surface area contributed by atoms with Crippen LogP contribution in [0.2, 0.25) is 0 Å². The lowest BCUT2D eigenvalue weighted by Crippen LogP contribution is -2.43. The Kier molecular flexibility index (Phi) is 9.35. The van der Waals surface area contributed by atoms with Gasteiger partial charge in [-0.3, -0.25) is 20.4 Å².